The van der Waals surface area contributed by atoms with Crippen molar-refractivity contribution in [3.63, 3.8) is 0 Å². The summed E-state index contributed by atoms with van der Waals surface area (Å²) in [7, 11) is 0. The molecule has 2 aliphatic carbocycles. The highest BCUT2D eigenvalue weighted by molar-refractivity contribution is 6.33. The first-order chi connectivity index (χ1) is 10.2. The average molecular weight is 304 g/mol. The molecule has 0 radical (unpaired) electrons. The van der Waals surface area contributed by atoms with Gasteiger partial charge >= 0.3 is 0 Å². The highest BCUT2D eigenvalue weighted by atomic mass is 35.5. The lowest BCUT2D eigenvalue weighted by Gasteiger charge is -2.16. The monoisotopic (exact) mass is 303 g/mol. The molecule has 110 valence electrons. The quantitative estimate of drug-likeness (QED) is 0.862. The first-order valence-corrected chi connectivity index (χ1v) is 7.92. The van der Waals surface area contributed by atoms with Gasteiger partial charge in [0.1, 0.15) is 0 Å². The summed E-state index contributed by atoms with van der Waals surface area (Å²) in [5, 5.41) is 12.8. The Labute approximate surface area is 128 Å². The third-order valence-corrected chi connectivity index (χ3v) is 4.96. The van der Waals surface area contributed by atoms with Gasteiger partial charge < -0.3 is 5.73 Å². The summed E-state index contributed by atoms with van der Waals surface area (Å²) in [6.07, 6.45) is 5.47. The Morgan fingerprint density at radius 3 is 2.57 bits per heavy atom. The smallest absolute Gasteiger partial charge is 0.182 e. The molecule has 0 spiro atoms. The number of anilines is 1. The number of benzene rings is 1. The van der Waals surface area contributed by atoms with E-state index in [1.165, 1.54) is 25.7 Å². The van der Waals surface area contributed by atoms with Crippen LogP contribution in [0.25, 0.3) is 11.4 Å². The number of aromatic nitrogens is 4. The van der Waals surface area contributed by atoms with Gasteiger partial charge in [-0.3, -0.25) is 0 Å². The van der Waals surface area contributed by atoms with Gasteiger partial charge in [-0.1, -0.05) is 11.6 Å². The zero-order valence-corrected chi connectivity index (χ0v) is 12.5. The molecule has 0 bridgehead atoms. The summed E-state index contributed by atoms with van der Waals surface area (Å²) >= 11 is 6.11. The van der Waals surface area contributed by atoms with E-state index in [4.69, 9.17) is 17.3 Å². The number of nitrogens with two attached hydrogens (primary N) is 1. The molecule has 0 saturated heterocycles. The van der Waals surface area contributed by atoms with Crippen molar-refractivity contribution < 1.29 is 0 Å². The Bertz CT molecular complexity index is 648. The van der Waals surface area contributed by atoms with E-state index >= 15 is 0 Å². The fraction of sp³-hybridized carbons (Fsp3) is 0.533. The van der Waals surface area contributed by atoms with Gasteiger partial charge in [-0.05, 0) is 72.1 Å². The second-order valence-corrected chi connectivity index (χ2v) is 6.67. The molecule has 0 aliphatic heterocycles. The van der Waals surface area contributed by atoms with E-state index in [2.05, 4.69) is 15.5 Å². The maximum absolute atomic E-state index is 6.11. The van der Waals surface area contributed by atoms with Crippen molar-refractivity contribution in [3.8, 4) is 11.4 Å². The number of nitrogens with zero attached hydrogens (tertiary/aromatic N) is 4. The molecule has 2 N–H and O–H groups in total. The van der Waals surface area contributed by atoms with Gasteiger partial charge in [-0.25, -0.2) is 4.68 Å². The van der Waals surface area contributed by atoms with Crippen LogP contribution in [-0.2, 0) is 6.54 Å². The van der Waals surface area contributed by atoms with Crippen LogP contribution in [0.1, 0.15) is 25.7 Å². The molecule has 0 unspecified atom stereocenters. The number of tetrazole rings is 1. The maximum atomic E-state index is 6.11. The molecular formula is C15H18ClN5. The number of hydrogen-bond donors (Lipinski definition) is 1. The lowest BCUT2D eigenvalue weighted by Crippen LogP contribution is -2.17. The molecule has 21 heavy (non-hydrogen) atoms. The summed E-state index contributed by atoms with van der Waals surface area (Å²) in [6.45, 7) is 0.916. The molecular weight excluding hydrogens is 286 g/mol. The predicted molar refractivity (Wildman–Crippen MR) is 81.6 cm³/mol. The Balaban J connectivity index is 1.61. The van der Waals surface area contributed by atoms with Crippen LogP contribution >= 0.6 is 11.6 Å². The lowest BCUT2D eigenvalue weighted by atomic mass is 9.98. The summed E-state index contributed by atoms with van der Waals surface area (Å²) in [5.74, 6) is 3.27. The lowest BCUT2D eigenvalue weighted by molar-refractivity contribution is 0.331. The van der Waals surface area contributed by atoms with Crippen molar-refractivity contribution in [3.05, 3.63) is 23.2 Å². The summed E-state index contributed by atoms with van der Waals surface area (Å²) in [5.41, 5.74) is 7.26. The van der Waals surface area contributed by atoms with Gasteiger partial charge in [0, 0.05) is 12.1 Å². The number of rotatable bonds is 5. The van der Waals surface area contributed by atoms with Crippen molar-refractivity contribution in [2.24, 2.45) is 17.8 Å². The van der Waals surface area contributed by atoms with E-state index in [9.17, 15) is 0 Å². The summed E-state index contributed by atoms with van der Waals surface area (Å²) in [6, 6.07) is 5.56. The molecule has 1 aromatic carbocycles. The van der Waals surface area contributed by atoms with Crippen LogP contribution in [0.2, 0.25) is 5.02 Å². The first-order valence-electron chi connectivity index (χ1n) is 7.54. The van der Waals surface area contributed by atoms with Crippen molar-refractivity contribution in [2.45, 2.75) is 32.2 Å². The SMILES string of the molecule is Nc1ccc(-c2nnnn2CC(C2CC2)C2CC2)cc1Cl. The Hall–Kier alpha value is -1.62. The largest absolute Gasteiger partial charge is 0.398 e. The average Bonchev–Trinajstić information content (AvgIpc) is 3.39. The molecule has 5 nitrogen and oxygen atoms in total. The molecule has 1 aromatic heterocycles. The Morgan fingerprint density at radius 1 is 1.24 bits per heavy atom. The fourth-order valence-electron chi connectivity index (χ4n) is 3.13. The van der Waals surface area contributed by atoms with E-state index in [0.717, 1.165) is 35.7 Å². The molecule has 2 fully saturated rings. The van der Waals surface area contributed by atoms with Gasteiger partial charge in [0.15, 0.2) is 5.82 Å². The van der Waals surface area contributed by atoms with Crippen LogP contribution in [0.4, 0.5) is 5.69 Å². The van der Waals surface area contributed by atoms with E-state index in [0.29, 0.717) is 10.7 Å². The van der Waals surface area contributed by atoms with Crippen LogP contribution in [0.5, 0.6) is 0 Å². The van der Waals surface area contributed by atoms with E-state index in [1.807, 2.05) is 16.8 Å². The number of nitrogen functional groups attached to an aromatic ring is 1. The van der Waals surface area contributed by atoms with E-state index < -0.39 is 0 Å². The van der Waals surface area contributed by atoms with Gasteiger partial charge in [-0.2, -0.15) is 0 Å². The number of hydrogen-bond acceptors (Lipinski definition) is 4. The van der Waals surface area contributed by atoms with Crippen LogP contribution in [0.3, 0.4) is 0 Å². The maximum Gasteiger partial charge on any atom is 0.182 e. The Morgan fingerprint density at radius 2 is 1.95 bits per heavy atom. The minimum Gasteiger partial charge on any atom is -0.398 e. The highest BCUT2D eigenvalue weighted by Gasteiger charge is 2.41. The Kier molecular flexibility index (Phi) is 3.10. The molecule has 4 rings (SSSR count). The van der Waals surface area contributed by atoms with Gasteiger partial charge in [0.25, 0.3) is 0 Å². The molecule has 0 atom stereocenters. The zero-order valence-electron chi connectivity index (χ0n) is 11.7. The predicted octanol–water partition coefficient (Wildman–Crippen LogP) is 3.01. The van der Waals surface area contributed by atoms with Crippen LogP contribution < -0.4 is 5.73 Å². The molecule has 2 aliphatic rings. The van der Waals surface area contributed by atoms with Crippen LogP contribution in [0.15, 0.2) is 18.2 Å². The molecule has 0 amide bonds. The van der Waals surface area contributed by atoms with Crippen molar-refractivity contribution in [1.82, 2.24) is 20.2 Å². The van der Waals surface area contributed by atoms with Crippen LogP contribution in [-0.4, -0.2) is 20.2 Å². The highest BCUT2D eigenvalue weighted by Crippen LogP contribution is 2.50. The van der Waals surface area contributed by atoms with Crippen molar-refractivity contribution >= 4 is 17.3 Å². The third-order valence-electron chi connectivity index (χ3n) is 4.63. The number of halogens is 1. The molecule has 2 aromatic rings. The van der Waals surface area contributed by atoms with Gasteiger partial charge in [0.05, 0.1) is 10.7 Å². The van der Waals surface area contributed by atoms with E-state index in [1.54, 1.807) is 6.07 Å². The normalized spacial score (nSPS) is 18.4. The van der Waals surface area contributed by atoms with E-state index in [-0.39, 0.29) is 0 Å². The first kappa shape index (κ1) is 13.1. The van der Waals surface area contributed by atoms with Gasteiger partial charge in [-0.15, -0.1) is 5.10 Å². The van der Waals surface area contributed by atoms with Crippen molar-refractivity contribution in [2.75, 3.05) is 5.73 Å². The zero-order chi connectivity index (χ0) is 14.4. The standard InChI is InChI=1S/C15H18ClN5/c16-13-7-11(5-6-14(13)17)15-18-19-20-21(15)8-12(9-1-2-9)10-3-4-10/h5-7,9-10,12H,1-4,8,17H2. The molecule has 6 heteroatoms. The van der Waals surface area contributed by atoms with Gasteiger partial charge in [0.2, 0.25) is 0 Å². The second-order valence-electron chi connectivity index (χ2n) is 6.26. The topological polar surface area (TPSA) is 69.6 Å². The molecule has 1 heterocycles. The third kappa shape index (κ3) is 2.62. The minimum absolute atomic E-state index is 0.544. The summed E-state index contributed by atoms with van der Waals surface area (Å²) < 4.78 is 1.93. The minimum atomic E-state index is 0.544. The molecule has 2 saturated carbocycles. The van der Waals surface area contributed by atoms with Crippen LogP contribution in [0, 0.1) is 17.8 Å². The fourth-order valence-corrected chi connectivity index (χ4v) is 3.31. The second kappa shape index (κ2) is 4.98. The summed E-state index contributed by atoms with van der Waals surface area (Å²) in [4.78, 5) is 0. The van der Waals surface area contributed by atoms with Crippen molar-refractivity contribution in [1.29, 1.82) is 0 Å².